The Morgan fingerprint density at radius 3 is 2.43 bits per heavy atom. The lowest BCUT2D eigenvalue weighted by molar-refractivity contribution is -0.145. The van der Waals surface area contributed by atoms with Crippen LogP contribution in [0.25, 0.3) is 0 Å². The predicted octanol–water partition coefficient (Wildman–Crippen LogP) is 3.01. The third-order valence-corrected chi connectivity index (χ3v) is 8.62. The normalized spacial score (nSPS) is 22.8. The van der Waals surface area contributed by atoms with Gasteiger partial charge in [-0.1, -0.05) is 60.7 Å². The number of likely N-dealkylation sites (N-methyl/N-ethyl adjacent to an activating group) is 1. The van der Waals surface area contributed by atoms with Crippen molar-refractivity contribution in [2.75, 3.05) is 32.4 Å². The molecule has 3 N–H and O–H groups in total. The molecule has 2 heterocycles. The van der Waals surface area contributed by atoms with Crippen LogP contribution >= 0.6 is 11.8 Å². The molecule has 2 aromatic rings. The predicted molar refractivity (Wildman–Crippen MR) is 148 cm³/mol. The highest BCUT2D eigenvalue weighted by Gasteiger charge is 2.55. The van der Waals surface area contributed by atoms with Crippen LogP contribution in [0.3, 0.4) is 0 Å². The van der Waals surface area contributed by atoms with E-state index in [1.165, 1.54) is 0 Å². The van der Waals surface area contributed by atoms with E-state index in [1.807, 2.05) is 55.6 Å². The molecule has 0 aliphatic carbocycles. The summed E-state index contributed by atoms with van der Waals surface area (Å²) in [6, 6.07) is 19.5. The lowest BCUT2D eigenvalue weighted by atomic mass is 9.69. The molecule has 0 saturated carbocycles. The van der Waals surface area contributed by atoms with E-state index < -0.39 is 17.0 Å². The van der Waals surface area contributed by atoms with Crippen LogP contribution in [0.5, 0.6) is 0 Å². The fraction of sp³-hybridized carbons (Fsp3) is 0.483. The Hall–Kier alpha value is -2.84. The Balaban J connectivity index is 1.54. The zero-order valence-corrected chi connectivity index (χ0v) is 22.8. The molecule has 2 aliphatic heterocycles. The van der Waals surface area contributed by atoms with Gasteiger partial charge in [0.2, 0.25) is 17.7 Å². The van der Waals surface area contributed by atoms with Crippen molar-refractivity contribution in [3.05, 3.63) is 71.8 Å². The van der Waals surface area contributed by atoms with Gasteiger partial charge < -0.3 is 20.9 Å². The maximum Gasteiger partial charge on any atom is 0.246 e. The van der Waals surface area contributed by atoms with Crippen LogP contribution in [0.4, 0.5) is 0 Å². The molecule has 0 aromatic heterocycles. The minimum atomic E-state index is -1.10. The van der Waals surface area contributed by atoms with Gasteiger partial charge in [0.05, 0.1) is 11.0 Å². The van der Waals surface area contributed by atoms with Crippen molar-refractivity contribution in [2.24, 2.45) is 11.1 Å². The Morgan fingerprint density at radius 1 is 1.14 bits per heavy atom. The second kappa shape index (κ2) is 11.3. The van der Waals surface area contributed by atoms with E-state index in [0.717, 1.165) is 29.7 Å². The van der Waals surface area contributed by atoms with Crippen LogP contribution < -0.4 is 11.1 Å². The van der Waals surface area contributed by atoms with E-state index in [4.69, 9.17) is 5.73 Å². The molecule has 7 nitrogen and oxygen atoms in total. The summed E-state index contributed by atoms with van der Waals surface area (Å²) in [7, 11) is 1.85. The van der Waals surface area contributed by atoms with Crippen molar-refractivity contribution in [1.82, 2.24) is 15.1 Å². The van der Waals surface area contributed by atoms with E-state index >= 15 is 0 Å². The van der Waals surface area contributed by atoms with Crippen LogP contribution in [0, 0.1) is 5.41 Å². The Kier molecular flexibility index (Phi) is 8.29. The van der Waals surface area contributed by atoms with Gasteiger partial charge in [0.15, 0.2) is 0 Å². The maximum atomic E-state index is 13.9. The van der Waals surface area contributed by atoms with Gasteiger partial charge in [-0.25, -0.2) is 0 Å². The molecule has 0 bridgehead atoms. The number of rotatable bonds is 8. The summed E-state index contributed by atoms with van der Waals surface area (Å²) < 4.78 is 0. The third kappa shape index (κ3) is 6.02. The third-order valence-electron chi connectivity index (χ3n) is 7.52. The molecule has 3 unspecified atom stereocenters. The van der Waals surface area contributed by atoms with Crippen molar-refractivity contribution in [2.45, 2.75) is 49.9 Å². The van der Waals surface area contributed by atoms with E-state index in [2.05, 4.69) is 17.4 Å². The molecule has 8 heteroatoms. The van der Waals surface area contributed by atoms with Gasteiger partial charge in [0, 0.05) is 44.1 Å². The zero-order valence-electron chi connectivity index (χ0n) is 22.0. The molecule has 3 amide bonds. The average molecular weight is 523 g/mol. The number of nitrogens with one attached hydrogen (secondary N) is 1. The largest absolute Gasteiger partial charge is 0.345 e. The first kappa shape index (κ1) is 27.2. The molecular weight excluding hydrogens is 484 g/mol. The number of nitrogens with zero attached hydrogens (tertiary/aromatic N) is 2. The monoisotopic (exact) mass is 522 g/mol. The lowest BCUT2D eigenvalue weighted by Crippen LogP contribution is -2.60. The first-order chi connectivity index (χ1) is 17.6. The molecule has 4 rings (SSSR count). The highest BCUT2D eigenvalue weighted by Crippen LogP contribution is 2.49. The number of carbonyl (C=O) groups excluding carboxylic acids is 3. The van der Waals surface area contributed by atoms with E-state index in [-0.39, 0.29) is 23.6 Å². The first-order valence-corrected chi connectivity index (χ1v) is 14.1. The lowest BCUT2D eigenvalue weighted by Gasteiger charge is -2.43. The number of hydrogen-bond acceptors (Lipinski definition) is 5. The number of thioether (sulfide) groups is 1. The van der Waals surface area contributed by atoms with Crippen LogP contribution in [0.15, 0.2) is 60.7 Å². The smallest absolute Gasteiger partial charge is 0.246 e. The molecular formula is C29H38N4O3S. The van der Waals surface area contributed by atoms with Crippen LogP contribution in [0.2, 0.25) is 0 Å². The fourth-order valence-corrected chi connectivity index (χ4v) is 6.52. The molecule has 2 saturated heterocycles. The molecule has 0 radical (unpaired) electrons. The van der Waals surface area contributed by atoms with Crippen molar-refractivity contribution in [3.8, 4) is 0 Å². The summed E-state index contributed by atoms with van der Waals surface area (Å²) in [4.78, 5) is 43.8. The van der Waals surface area contributed by atoms with Crippen LogP contribution in [-0.2, 0) is 20.1 Å². The minimum absolute atomic E-state index is 0.0188. The summed E-state index contributed by atoms with van der Waals surface area (Å²) in [5, 5.41) is 2.91. The Morgan fingerprint density at radius 2 is 1.78 bits per heavy atom. The summed E-state index contributed by atoms with van der Waals surface area (Å²) in [5.41, 5.74) is 6.58. The first-order valence-electron chi connectivity index (χ1n) is 12.9. The number of hydrogen-bond donors (Lipinski definition) is 2. The quantitative estimate of drug-likeness (QED) is 0.556. The standard InChI is InChI=1S/C29H38N4O3S/c1-28(2,30)26(35)31-24(19-37-18-21-11-6-4-7-12-21)25(34)33-16-10-15-29(20-33)23(17-32(3)27(29)36)22-13-8-5-9-14-22/h4-9,11-14,23-24H,10,15-20,30H2,1-3H3,(H,31,35). The maximum absolute atomic E-state index is 13.9. The van der Waals surface area contributed by atoms with Gasteiger partial charge in [-0.3, -0.25) is 14.4 Å². The summed E-state index contributed by atoms with van der Waals surface area (Å²) in [6.45, 7) is 4.83. The summed E-state index contributed by atoms with van der Waals surface area (Å²) >= 11 is 1.60. The van der Waals surface area contributed by atoms with Gasteiger partial charge in [0.25, 0.3) is 0 Å². The van der Waals surface area contributed by atoms with Gasteiger partial charge >= 0.3 is 0 Å². The number of nitrogens with two attached hydrogens (primary N) is 1. The van der Waals surface area contributed by atoms with Crippen LogP contribution in [-0.4, -0.2) is 71.5 Å². The van der Waals surface area contributed by atoms with E-state index in [9.17, 15) is 14.4 Å². The second-order valence-corrected chi connectivity index (χ2v) is 11.9. The number of piperidine rings is 1. The second-order valence-electron chi connectivity index (χ2n) is 10.9. The van der Waals surface area contributed by atoms with Gasteiger partial charge in [-0.15, -0.1) is 0 Å². The number of carbonyl (C=O) groups is 3. The molecule has 37 heavy (non-hydrogen) atoms. The molecule has 1 spiro atoms. The van der Waals surface area contributed by atoms with Crippen molar-refractivity contribution in [3.63, 3.8) is 0 Å². The highest BCUT2D eigenvalue weighted by atomic mass is 32.2. The van der Waals surface area contributed by atoms with Gasteiger partial charge in [-0.05, 0) is 37.8 Å². The summed E-state index contributed by atoms with van der Waals surface area (Å²) in [6.07, 6.45) is 1.49. The molecule has 2 aromatic carbocycles. The average Bonchev–Trinajstić information content (AvgIpc) is 3.13. The van der Waals surface area contributed by atoms with Gasteiger partial charge in [-0.2, -0.15) is 11.8 Å². The Bertz CT molecular complexity index is 1110. The molecule has 2 fully saturated rings. The number of benzene rings is 2. The van der Waals surface area contributed by atoms with E-state index in [1.54, 1.807) is 35.4 Å². The van der Waals surface area contributed by atoms with Crippen molar-refractivity contribution >= 4 is 29.5 Å². The zero-order chi connectivity index (χ0) is 26.6. The van der Waals surface area contributed by atoms with Crippen molar-refractivity contribution < 1.29 is 14.4 Å². The van der Waals surface area contributed by atoms with Crippen molar-refractivity contribution in [1.29, 1.82) is 0 Å². The SMILES string of the molecule is CN1CC(c2ccccc2)C2(CCCN(C(=O)C(CSCc3ccccc3)NC(=O)C(C)(C)N)C2)C1=O. The van der Waals surface area contributed by atoms with Crippen LogP contribution in [0.1, 0.15) is 43.7 Å². The molecule has 3 atom stereocenters. The molecule has 2 aliphatic rings. The fourth-order valence-electron chi connectivity index (χ4n) is 5.51. The van der Waals surface area contributed by atoms with Gasteiger partial charge in [0.1, 0.15) is 6.04 Å². The number of amides is 3. The number of likely N-dealkylation sites (tertiary alicyclic amines) is 2. The Labute approximate surface area is 224 Å². The molecule has 198 valence electrons. The summed E-state index contributed by atoms with van der Waals surface area (Å²) in [5.74, 6) is 0.763. The highest BCUT2D eigenvalue weighted by molar-refractivity contribution is 7.98. The minimum Gasteiger partial charge on any atom is -0.345 e. The topological polar surface area (TPSA) is 95.7 Å². The van der Waals surface area contributed by atoms with E-state index in [0.29, 0.717) is 25.4 Å².